The molecule has 2 N–H and O–H groups in total. The van der Waals surface area contributed by atoms with E-state index in [9.17, 15) is 14.6 Å². The van der Waals surface area contributed by atoms with Crippen LogP contribution in [-0.2, 0) is 13.0 Å². The number of methoxy groups -OCH3 is 1. The van der Waals surface area contributed by atoms with Crippen LogP contribution in [-0.4, -0.2) is 41.9 Å². The van der Waals surface area contributed by atoms with Crippen molar-refractivity contribution < 1.29 is 19.3 Å². The predicted molar refractivity (Wildman–Crippen MR) is 98.8 cm³/mol. The van der Waals surface area contributed by atoms with Gasteiger partial charge in [0.25, 0.3) is 0 Å². The smallest absolute Gasteiger partial charge is 0.160 e. The first-order valence-corrected chi connectivity index (χ1v) is 8.98. The van der Waals surface area contributed by atoms with Crippen molar-refractivity contribution >= 4 is 0 Å². The Morgan fingerprint density at radius 2 is 2.04 bits per heavy atom. The number of rotatable bonds is 6. The van der Waals surface area contributed by atoms with Crippen LogP contribution in [0.2, 0.25) is 0 Å². The van der Waals surface area contributed by atoms with Crippen LogP contribution in [0.15, 0.2) is 42.5 Å². The van der Waals surface area contributed by atoms with Crippen molar-refractivity contribution in [3.63, 3.8) is 0 Å². The molecule has 26 heavy (non-hydrogen) atoms. The van der Waals surface area contributed by atoms with Crippen molar-refractivity contribution in [1.29, 1.82) is 0 Å². The number of ether oxygens (including phenoxy) is 1. The summed E-state index contributed by atoms with van der Waals surface area (Å²) in [6.07, 6.45) is 2.38. The topological polar surface area (TPSA) is 52.9 Å². The monoisotopic (exact) mass is 359 g/mol. The van der Waals surface area contributed by atoms with Crippen LogP contribution in [0.1, 0.15) is 24.0 Å². The van der Waals surface area contributed by atoms with Gasteiger partial charge in [-0.25, -0.2) is 4.39 Å². The minimum atomic E-state index is -0.332. The van der Waals surface area contributed by atoms with Crippen molar-refractivity contribution in [2.24, 2.45) is 5.41 Å². The fraction of sp³-hybridized carbons (Fsp3) is 0.429. The Labute approximate surface area is 153 Å². The van der Waals surface area contributed by atoms with Gasteiger partial charge in [0.15, 0.2) is 11.5 Å². The molecule has 0 saturated carbocycles. The molecule has 3 rings (SSSR count). The first-order valence-electron chi connectivity index (χ1n) is 8.98. The van der Waals surface area contributed by atoms with Gasteiger partial charge in [-0.3, -0.25) is 4.90 Å². The first-order chi connectivity index (χ1) is 12.5. The van der Waals surface area contributed by atoms with Gasteiger partial charge in [0, 0.05) is 18.5 Å². The van der Waals surface area contributed by atoms with Gasteiger partial charge in [-0.1, -0.05) is 24.3 Å². The zero-order valence-corrected chi connectivity index (χ0v) is 15.1. The molecule has 2 aromatic carbocycles. The van der Waals surface area contributed by atoms with Gasteiger partial charge >= 0.3 is 0 Å². The van der Waals surface area contributed by atoms with Gasteiger partial charge in [-0.05, 0) is 55.1 Å². The summed E-state index contributed by atoms with van der Waals surface area (Å²) in [5.41, 5.74) is 1.37. The van der Waals surface area contributed by atoms with Gasteiger partial charge in [-0.2, -0.15) is 0 Å². The maximum absolute atomic E-state index is 14.1. The van der Waals surface area contributed by atoms with Crippen molar-refractivity contribution in [1.82, 2.24) is 4.90 Å². The van der Waals surface area contributed by atoms with Crippen LogP contribution < -0.4 is 4.74 Å². The SMILES string of the molecule is COc1cc(CN2CCC[C@@](CO)(Cc3ccccc3F)C2)ccc1O. The van der Waals surface area contributed by atoms with Crippen molar-refractivity contribution in [2.75, 3.05) is 26.8 Å². The Kier molecular flexibility index (Phi) is 5.79. The summed E-state index contributed by atoms with van der Waals surface area (Å²) < 4.78 is 19.3. The minimum Gasteiger partial charge on any atom is -0.504 e. The van der Waals surface area contributed by atoms with Crippen LogP contribution in [0.3, 0.4) is 0 Å². The third kappa shape index (κ3) is 4.17. The molecule has 0 aromatic heterocycles. The third-order valence-electron chi connectivity index (χ3n) is 5.25. The Balaban J connectivity index is 1.73. The molecule has 140 valence electrons. The second kappa shape index (κ2) is 8.06. The fourth-order valence-electron chi connectivity index (χ4n) is 3.90. The lowest BCUT2D eigenvalue weighted by molar-refractivity contribution is 0.0282. The number of aromatic hydroxyl groups is 1. The van der Waals surface area contributed by atoms with E-state index in [0.717, 1.165) is 24.9 Å². The summed E-state index contributed by atoms with van der Waals surface area (Å²) >= 11 is 0. The van der Waals surface area contributed by atoms with E-state index in [4.69, 9.17) is 4.74 Å². The number of nitrogens with zero attached hydrogens (tertiary/aromatic N) is 1. The van der Waals surface area contributed by atoms with Crippen LogP contribution in [0, 0.1) is 11.2 Å². The lowest BCUT2D eigenvalue weighted by Gasteiger charge is -2.42. The van der Waals surface area contributed by atoms with Crippen LogP contribution in [0.25, 0.3) is 0 Å². The van der Waals surface area contributed by atoms with Crippen molar-refractivity contribution in [3.05, 3.63) is 59.4 Å². The molecule has 0 unspecified atom stereocenters. The van der Waals surface area contributed by atoms with Crippen LogP contribution in [0.5, 0.6) is 11.5 Å². The van der Waals surface area contributed by atoms with Crippen molar-refractivity contribution in [3.8, 4) is 11.5 Å². The Hall–Kier alpha value is -2.11. The zero-order valence-electron chi connectivity index (χ0n) is 15.1. The van der Waals surface area contributed by atoms with Gasteiger partial charge < -0.3 is 14.9 Å². The molecule has 1 atom stereocenters. The molecule has 5 heteroatoms. The van der Waals surface area contributed by atoms with E-state index in [1.54, 1.807) is 18.2 Å². The second-order valence-electron chi connectivity index (χ2n) is 7.25. The molecule has 1 aliphatic rings. The standard InChI is InChI=1S/C21H26FNO3/c1-26-20-11-16(7-8-19(20)25)13-23-10-4-9-21(14-23,15-24)12-17-5-2-3-6-18(17)22/h2-3,5-8,11,24-25H,4,9-10,12-15H2,1H3/t21-/m1/s1. The highest BCUT2D eigenvalue weighted by Gasteiger charge is 2.35. The highest BCUT2D eigenvalue weighted by atomic mass is 19.1. The van der Waals surface area contributed by atoms with Crippen LogP contribution in [0.4, 0.5) is 4.39 Å². The van der Waals surface area contributed by atoms with Crippen LogP contribution >= 0.6 is 0 Å². The van der Waals surface area contributed by atoms with E-state index in [1.807, 2.05) is 18.2 Å². The predicted octanol–water partition coefficient (Wildman–Crippen LogP) is 3.36. The number of phenols is 1. The number of hydrogen-bond acceptors (Lipinski definition) is 4. The lowest BCUT2D eigenvalue weighted by Crippen LogP contribution is -2.46. The summed E-state index contributed by atoms with van der Waals surface area (Å²) in [6, 6.07) is 12.2. The zero-order chi connectivity index (χ0) is 18.6. The molecular weight excluding hydrogens is 333 g/mol. The number of hydrogen-bond donors (Lipinski definition) is 2. The van der Waals surface area contributed by atoms with E-state index in [0.29, 0.717) is 30.8 Å². The lowest BCUT2D eigenvalue weighted by atomic mass is 9.75. The summed E-state index contributed by atoms with van der Waals surface area (Å²) in [7, 11) is 1.53. The Bertz CT molecular complexity index is 752. The maximum Gasteiger partial charge on any atom is 0.160 e. The average molecular weight is 359 g/mol. The quantitative estimate of drug-likeness (QED) is 0.830. The third-order valence-corrected chi connectivity index (χ3v) is 5.25. The summed E-state index contributed by atoms with van der Waals surface area (Å²) in [6.45, 7) is 2.38. The van der Waals surface area contributed by atoms with E-state index in [2.05, 4.69) is 4.90 Å². The number of benzene rings is 2. The number of phenolic OH excluding ortho intramolecular Hbond substituents is 1. The number of aliphatic hydroxyl groups is 1. The normalized spacial score (nSPS) is 20.9. The molecule has 0 spiro atoms. The van der Waals surface area contributed by atoms with E-state index < -0.39 is 0 Å². The van der Waals surface area contributed by atoms with Gasteiger partial charge in [0.1, 0.15) is 5.82 Å². The fourth-order valence-corrected chi connectivity index (χ4v) is 3.90. The Morgan fingerprint density at radius 1 is 1.23 bits per heavy atom. The molecule has 1 saturated heterocycles. The summed E-state index contributed by atoms with van der Waals surface area (Å²) in [5.74, 6) is 0.374. The highest BCUT2D eigenvalue weighted by Crippen LogP contribution is 2.35. The largest absolute Gasteiger partial charge is 0.504 e. The molecule has 0 radical (unpaired) electrons. The number of aliphatic hydroxyl groups excluding tert-OH is 1. The van der Waals surface area contributed by atoms with E-state index in [1.165, 1.54) is 13.2 Å². The van der Waals surface area contributed by atoms with Gasteiger partial charge in [0.05, 0.1) is 13.7 Å². The molecule has 1 heterocycles. The molecule has 0 aliphatic carbocycles. The number of halogens is 1. The number of likely N-dealkylation sites (tertiary alicyclic amines) is 1. The molecule has 0 bridgehead atoms. The van der Waals surface area contributed by atoms with Gasteiger partial charge in [-0.15, -0.1) is 0 Å². The summed E-state index contributed by atoms with van der Waals surface area (Å²) in [5, 5.41) is 19.8. The van der Waals surface area contributed by atoms with Crippen molar-refractivity contribution in [2.45, 2.75) is 25.8 Å². The van der Waals surface area contributed by atoms with E-state index >= 15 is 0 Å². The second-order valence-corrected chi connectivity index (χ2v) is 7.25. The Morgan fingerprint density at radius 3 is 2.77 bits per heavy atom. The minimum absolute atomic E-state index is 0.0384. The highest BCUT2D eigenvalue weighted by molar-refractivity contribution is 5.41. The molecule has 2 aromatic rings. The molecule has 1 aliphatic heterocycles. The maximum atomic E-state index is 14.1. The molecular formula is C21H26FNO3. The van der Waals surface area contributed by atoms with E-state index in [-0.39, 0.29) is 23.6 Å². The molecule has 0 amide bonds. The average Bonchev–Trinajstić information content (AvgIpc) is 2.65. The molecule has 1 fully saturated rings. The first kappa shape index (κ1) is 18.7. The van der Waals surface area contributed by atoms with Gasteiger partial charge in [0.2, 0.25) is 0 Å². The molecule has 4 nitrogen and oxygen atoms in total. The number of piperidine rings is 1. The summed E-state index contributed by atoms with van der Waals surface area (Å²) in [4.78, 5) is 2.28.